The highest BCUT2D eigenvalue weighted by atomic mass is 16.6. The summed E-state index contributed by atoms with van der Waals surface area (Å²) in [6, 6.07) is 13.1. The number of rotatable bonds is 7. The average Bonchev–Trinajstić information content (AvgIpc) is 2.78. The summed E-state index contributed by atoms with van der Waals surface area (Å²) in [7, 11) is 1.30. The van der Waals surface area contributed by atoms with Gasteiger partial charge in [0, 0.05) is 31.9 Å². The fourth-order valence-electron chi connectivity index (χ4n) is 3.06. The molecule has 154 valence electrons. The summed E-state index contributed by atoms with van der Waals surface area (Å²) < 4.78 is 15.9. The molecule has 1 aliphatic heterocycles. The second-order valence-corrected chi connectivity index (χ2v) is 6.62. The van der Waals surface area contributed by atoms with E-state index in [1.54, 1.807) is 17.0 Å². The van der Waals surface area contributed by atoms with Crippen molar-refractivity contribution in [1.29, 1.82) is 0 Å². The number of esters is 1. The highest BCUT2D eigenvalue weighted by Crippen LogP contribution is 2.17. The van der Waals surface area contributed by atoms with Gasteiger partial charge in [0.1, 0.15) is 6.61 Å². The quantitative estimate of drug-likeness (QED) is 0.714. The number of carbonyl (C=O) groups excluding carboxylic acids is 2. The summed E-state index contributed by atoms with van der Waals surface area (Å²) in [5.74, 6) is -0.155. The van der Waals surface area contributed by atoms with E-state index >= 15 is 0 Å². The number of nitrogens with one attached hydrogen (secondary N) is 1. The summed E-state index contributed by atoms with van der Waals surface area (Å²) in [5.41, 5.74) is 1.11. The predicted molar refractivity (Wildman–Crippen MR) is 106 cm³/mol. The molecule has 1 N–H and O–H groups in total. The molecule has 0 bridgehead atoms. The minimum Gasteiger partial charge on any atom is -0.491 e. The van der Waals surface area contributed by atoms with Crippen molar-refractivity contribution in [3.05, 3.63) is 59.9 Å². The highest BCUT2D eigenvalue weighted by Gasteiger charge is 2.24. The number of benzene rings is 1. The number of ether oxygens (including phenoxy) is 3. The number of aromatic nitrogens is 1. The average molecular weight is 399 g/mol. The lowest BCUT2D eigenvalue weighted by Crippen LogP contribution is -2.53. The van der Waals surface area contributed by atoms with Gasteiger partial charge in [-0.1, -0.05) is 30.3 Å². The molecule has 0 spiro atoms. The maximum atomic E-state index is 12.3. The van der Waals surface area contributed by atoms with Gasteiger partial charge in [0.15, 0.2) is 11.4 Å². The number of pyridine rings is 1. The zero-order valence-electron chi connectivity index (χ0n) is 16.4. The van der Waals surface area contributed by atoms with Gasteiger partial charge in [0.25, 0.3) is 0 Å². The number of amides is 1. The van der Waals surface area contributed by atoms with Gasteiger partial charge in [0.05, 0.1) is 13.7 Å². The molecule has 0 unspecified atom stereocenters. The first-order valence-electron chi connectivity index (χ1n) is 9.52. The molecule has 1 saturated heterocycles. The highest BCUT2D eigenvalue weighted by molar-refractivity contribution is 5.90. The summed E-state index contributed by atoms with van der Waals surface area (Å²) in [5, 5.41) is 3.38. The second-order valence-electron chi connectivity index (χ2n) is 6.62. The largest absolute Gasteiger partial charge is 0.491 e. The van der Waals surface area contributed by atoms with E-state index in [-0.39, 0.29) is 24.4 Å². The van der Waals surface area contributed by atoms with E-state index in [1.165, 1.54) is 13.3 Å². The Kier molecular flexibility index (Phi) is 7.40. The van der Waals surface area contributed by atoms with Gasteiger partial charge in [-0.3, -0.25) is 0 Å². The van der Waals surface area contributed by atoms with Crippen LogP contribution in [0.3, 0.4) is 0 Å². The smallest absolute Gasteiger partial charge is 0.410 e. The van der Waals surface area contributed by atoms with Crippen LogP contribution >= 0.6 is 0 Å². The van der Waals surface area contributed by atoms with E-state index in [1.807, 2.05) is 30.3 Å². The van der Waals surface area contributed by atoms with Crippen LogP contribution in [0.5, 0.6) is 5.75 Å². The fourth-order valence-corrected chi connectivity index (χ4v) is 3.06. The van der Waals surface area contributed by atoms with Crippen LogP contribution in [0.25, 0.3) is 0 Å². The van der Waals surface area contributed by atoms with Crippen molar-refractivity contribution >= 4 is 12.1 Å². The van der Waals surface area contributed by atoms with Crippen molar-refractivity contribution in [2.24, 2.45) is 0 Å². The monoisotopic (exact) mass is 399 g/mol. The maximum Gasteiger partial charge on any atom is 0.410 e. The number of piperazine rings is 1. The minimum atomic E-state index is -0.538. The standard InChI is InChI=1S/C21H25N3O5/c1-27-20(25)19-18(8-5-10-23-19)28-13-9-17-14-24(12-11-22-17)21(26)29-15-16-6-3-2-4-7-16/h2-8,10,17,22H,9,11-15H2,1H3/t17-/m1/s1. The predicted octanol–water partition coefficient (Wildman–Crippen LogP) is 2.25. The van der Waals surface area contributed by atoms with Crippen molar-refractivity contribution in [2.75, 3.05) is 33.4 Å². The van der Waals surface area contributed by atoms with E-state index in [2.05, 4.69) is 10.3 Å². The number of methoxy groups -OCH3 is 1. The van der Waals surface area contributed by atoms with Crippen LogP contribution in [0.15, 0.2) is 48.7 Å². The van der Waals surface area contributed by atoms with Crippen molar-refractivity contribution in [1.82, 2.24) is 15.2 Å². The molecule has 1 atom stereocenters. The molecule has 1 aromatic carbocycles. The van der Waals surface area contributed by atoms with Crippen molar-refractivity contribution in [3.63, 3.8) is 0 Å². The van der Waals surface area contributed by atoms with Crippen molar-refractivity contribution in [3.8, 4) is 5.75 Å². The molecule has 0 radical (unpaired) electrons. The molecule has 0 aliphatic carbocycles. The molecule has 1 fully saturated rings. The Labute approximate surface area is 169 Å². The van der Waals surface area contributed by atoms with Gasteiger partial charge >= 0.3 is 12.1 Å². The number of hydrogen-bond donors (Lipinski definition) is 1. The van der Waals surface area contributed by atoms with E-state index in [0.717, 1.165) is 5.56 Å². The summed E-state index contributed by atoms with van der Waals surface area (Å²) in [6.07, 6.45) is 1.86. The van der Waals surface area contributed by atoms with E-state index < -0.39 is 5.97 Å². The Hall–Kier alpha value is -3.13. The summed E-state index contributed by atoms with van der Waals surface area (Å²) >= 11 is 0. The van der Waals surface area contributed by atoms with Crippen LogP contribution < -0.4 is 10.1 Å². The fraction of sp³-hybridized carbons (Fsp3) is 0.381. The molecule has 29 heavy (non-hydrogen) atoms. The van der Waals surface area contributed by atoms with Crippen LogP contribution in [-0.2, 0) is 16.1 Å². The van der Waals surface area contributed by atoms with Gasteiger partial charge in [-0.15, -0.1) is 0 Å². The molecular formula is C21H25N3O5. The van der Waals surface area contributed by atoms with Gasteiger partial charge in [-0.2, -0.15) is 0 Å². The molecule has 1 aromatic heterocycles. The van der Waals surface area contributed by atoms with Gasteiger partial charge < -0.3 is 24.4 Å². The summed E-state index contributed by atoms with van der Waals surface area (Å²) in [4.78, 5) is 29.8. The van der Waals surface area contributed by atoms with Crippen LogP contribution in [0.2, 0.25) is 0 Å². The Morgan fingerprint density at radius 1 is 1.21 bits per heavy atom. The molecular weight excluding hydrogens is 374 g/mol. The van der Waals surface area contributed by atoms with Crippen LogP contribution in [0.1, 0.15) is 22.5 Å². The van der Waals surface area contributed by atoms with Crippen molar-refractivity contribution < 1.29 is 23.8 Å². The van der Waals surface area contributed by atoms with E-state index in [9.17, 15) is 9.59 Å². The zero-order valence-corrected chi connectivity index (χ0v) is 16.4. The Morgan fingerprint density at radius 3 is 2.83 bits per heavy atom. The van der Waals surface area contributed by atoms with Gasteiger partial charge in [-0.05, 0) is 24.1 Å². The van der Waals surface area contributed by atoms with Crippen LogP contribution in [0, 0.1) is 0 Å². The van der Waals surface area contributed by atoms with E-state index in [0.29, 0.717) is 38.4 Å². The van der Waals surface area contributed by atoms with E-state index in [4.69, 9.17) is 14.2 Å². The minimum absolute atomic E-state index is 0.0753. The summed E-state index contributed by atoms with van der Waals surface area (Å²) in [6.45, 7) is 2.45. The topological polar surface area (TPSA) is 90.0 Å². The lowest BCUT2D eigenvalue weighted by molar-refractivity contribution is 0.0587. The SMILES string of the molecule is COC(=O)c1ncccc1OCC[C@@H]1CN(C(=O)OCc2ccccc2)CCN1. The third-order valence-electron chi connectivity index (χ3n) is 4.59. The molecule has 3 rings (SSSR count). The Bertz CT molecular complexity index is 815. The lowest BCUT2D eigenvalue weighted by Gasteiger charge is -2.33. The first-order valence-corrected chi connectivity index (χ1v) is 9.52. The third-order valence-corrected chi connectivity index (χ3v) is 4.59. The second kappa shape index (κ2) is 10.4. The molecule has 8 heteroatoms. The van der Waals surface area contributed by atoms with Crippen LogP contribution in [0.4, 0.5) is 4.79 Å². The lowest BCUT2D eigenvalue weighted by atomic mass is 10.1. The molecule has 8 nitrogen and oxygen atoms in total. The molecule has 2 aromatic rings. The van der Waals surface area contributed by atoms with Crippen LogP contribution in [-0.4, -0.2) is 61.3 Å². The third kappa shape index (κ3) is 5.92. The molecule has 1 amide bonds. The number of nitrogens with zero attached hydrogens (tertiary/aromatic N) is 2. The van der Waals surface area contributed by atoms with Gasteiger partial charge in [-0.25, -0.2) is 14.6 Å². The van der Waals surface area contributed by atoms with Gasteiger partial charge in [0.2, 0.25) is 0 Å². The molecule has 2 heterocycles. The van der Waals surface area contributed by atoms with Crippen molar-refractivity contribution in [2.45, 2.75) is 19.1 Å². The normalized spacial score (nSPS) is 16.2. The number of carbonyl (C=O) groups is 2. The number of hydrogen-bond acceptors (Lipinski definition) is 7. The Morgan fingerprint density at radius 2 is 2.03 bits per heavy atom. The first-order chi connectivity index (χ1) is 14.2. The first kappa shape index (κ1) is 20.6. The molecule has 1 aliphatic rings. The zero-order chi connectivity index (χ0) is 20.5. The maximum absolute atomic E-state index is 12.3. The molecule has 0 saturated carbocycles. The Balaban J connectivity index is 1.45.